The zero-order chi connectivity index (χ0) is 12.3. The maximum absolute atomic E-state index is 6.17. The van der Waals surface area contributed by atoms with Crippen molar-refractivity contribution >= 4 is 17.3 Å². The maximum atomic E-state index is 6.17. The molecule has 0 heterocycles. The maximum Gasteiger partial charge on any atom is 0.0637 e. The van der Waals surface area contributed by atoms with Gasteiger partial charge in [-0.3, -0.25) is 0 Å². The minimum absolute atomic E-state index is 0.246. The summed E-state index contributed by atoms with van der Waals surface area (Å²) in [5, 5.41) is 4.20. The lowest BCUT2D eigenvalue weighted by atomic mass is 10.1. The molecule has 17 heavy (non-hydrogen) atoms. The number of aryl methyl sites for hydroxylation is 1. The van der Waals surface area contributed by atoms with Crippen LogP contribution < -0.4 is 5.32 Å². The van der Waals surface area contributed by atoms with E-state index < -0.39 is 0 Å². The topological polar surface area (TPSA) is 12.0 Å². The summed E-state index contributed by atoms with van der Waals surface area (Å²) in [5.74, 6) is 0. The van der Waals surface area contributed by atoms with Gasteiger partial charge in [0.15, 0.2) is 0 Å². The van der Waals surface area contributed by atoms with Crippen LogP contribution in [0.25, 0.3) is 0 Å². The standard InChI is InChI=1S/C15H16ClN/c1-11-8-9-14(16)15(10-11)17-12(2)13-6-4-3-5-7-13/h3-10,12,17H,1-2H3. The summed E-state index contributed by atoms with van der Waals surface area (Å²) in [6.45, 7) is 4.20. The first-order valence-electron chi connectivity index (χ1n) is 5.74. The second kappa shape index (κ2) is 5.24. The Morgan fingerprint density at radius 3 is 2.47 bits per heavy atom. The first kappa shape index (κ1) is 12.0. The van der Waals surface area contributed by atoms with E-state index in [1.54, 1.807) is 0 Å². The van der Waals surface area contributed by atoms with E-state index >= 15 is 0 Å². The quantitative estimate of drug-likeness (QED) is 0.817. The minimum Gasteiger partial charge on any atom is -0.377 e. The predicted octanol–water partition coefficient (Wildman–Crippen LogP) is 4.82. The second-order valence-corrected chi connectivity index (χ2v) is 4.67. The van der Waals surface area contributed by atoms with Gasteiger partial charge in [-0.1, -0.05) is 48.0 Å². The predicted molar refractivity (Wildman–Crippen MR) is 74.7 cm³/mol. The normalized spacial score (nSPS) is 12.2. The molecule has 0 aliphatic rings. The van der Waals surface area contributed by atoms with Gasteiger partial charge in [0.25, 0.3) is 0 Å². The highest BCUT2D eigenvalue weighted by Gasteiger charge is 2.07. The van der Waals surface area contributed by atoms with Gasteiger partial charge in [0, 0.05) is 6.04 Å². The molecule has 2 aromatic carbocycles. The number of hydrogen-bond donors (Lipinski definition) is 1. The van der Waals surface area contributed by atoms with Gasteiger partial charge in [-0.05, 0) is 37.1 Å². The average molecular weight is 246 g/mol. The van der Waals surface area contributed by atoms with Crippen LogP contribution in [-0.2, 0) is 0 Å². The van der Waals surface area contributed by atoms with Gasteiger partial charge in [0.2, 0.25) is 0 Å². The molecule has 1 nitrogen and oxygen atoms in total. The molecule has 1 N–H and O–H groups in total. The lowest BCUT2D eigenvalue weighted by Crippen LogP contribution is -2.06. The van der Waals surface area contributed by atoms with Gasteiger partial charge in [-0.25, -0.2) is 0 Å². The molecule has 88 valence electrons. The van der Waals surface area contributed by atoms with Crippen molar-refractivity contribution in [3.05, 3.63) is 64.7 Å². The van der Waals surface area contributed by atoms with E-state index in [9.17, 15) is 0 Å². The fraction of sp³-hybridized carbons (Fsp3) is 0.200. The molecule has 0 saturated carbocycles. The Balaban J connectivity index is 2.18. The van der Waals surface area contributed by atoms with Crippen LogP contribution in [-0.4, -0.2) is 0 Å². The van der Waals surface area contributed by atoms with E-state index in [4.69, 9.17) is 11.6 Å². The Bertz CT molecular complexity index is 494. The van der Waals surface area contributed by atoms with Gasteiger partial charge in [-0.15, -0.1) is 0 Å². The highest BCUT2D eigenvalue weighted by Crippen LogP contribution is 2.26. The SMILES string of the molecule is Cc1ccc(Cl)c(NC(C)c2ccccc2)c1. The number of benzene rings is 2. The van der Waals surface area contributed by atoms with Crippen molar-refractivity contribution in [2.45, 2.75) is 19.9 Å². The summed E-state index contributed by atoms with van der Waals surface area (Å²) in [6.07, 6.45) is 0. The van der Waals surface area contributed by atoms with Crippen LogP contribution in [0.1, 0.15) is 24.1 Å². The summed E-state index contributed by atoms with van der Waals surface area (Å²) in [4.78, 5) is 0. The molecule has 1 atom stereocenters. The van der Waals surface area contributed by atoms with E-state index in [2.05, 4.69) is 37.4 Å². The number of hydrogen-bond acceptors (Lipinski definition) is 1. The van der Waals surface area contributed by atoms with E-state index in [1.807, 2.05) is 30.3 Å². The van der Waals surface area contributed by atoms with Crippen LogP contribution in [0.4, 0.5) is 5.69 Å². The summed E-state index contributed by atoms with van der Waals surface area (Å²) >= 11 is 6.17. The van der Waals surface area contributed by atoms with Crippen molar-refractivity contribution in [2.24, 2.45) is 0 Å². The van der Waals surface area contributed by atoms with Crippen molar-refractivity contribution in [1.29, 1.82) is 0 Å². The van der Waals surface area contributed by atoms with Gasteiger partial charge in [0.05, 0.1) is 10.7 Å². The molecular weight excluding hydrogens is 230 g/mol. The second-order valence-electron chi connectivity index (χ2n) is 4.26. The molecule has 2 heteroatoms. The molecule has 1 unspecified atom stereocenters. The molecule has 0 aliphatic heterocycles. The smallest absolute Gasteiger partial charge is 0.0637 e. The van der Waals surface area contributed by atoms with Crippen LogP contribution in [0.5, 0.6) is 0 Å². The first-order valence-corrected chi connectivity index (χ1v) is 6.12. The molecule has 0 aliphatic carbocycles. The van der Waals surface area contributed by atoms with Crippen molar-refractivity contribution in [3.8, 4) is 0 Å². The first-order chi connectivity index (χ1) is 8.16. The molecule has 2 rings (SSSR count). The number of rotatable bonds is 3. The van der Waals surface area contributed by atoms with Crippen molar-refractivity contribution in [3.63, 3.8) is 0 Å². The van der Waals surface area contributed by atoms with E-state index in [1.165, 1.54) is 11.1 Å². The monoisotopic (exact) mass is 245 g/mol. The van der Waals surface area contributed by atoms with E-state index in [-0.39, 0.29) is 6.04 Å². The van der Waals surface area contributed by atoms with E-state index in [0.717, 1.165) is 10.7 Å². The fourth-order valence-electron chi connectivity index (χ4n) is 1.81. The molecule has 0 aromatic heterocycles. The molecule has 0 amide bonds. The molecule has 0 spiro atoms. The van der Waals surface area contributed by atoms with Crippen LogP contribution in [0.15, 0.2) is 48.5 Å². The van der Waals surface area contributed by atoms with Crippen molar-refractivity contribution < 1.29 is 0 Å². The van der Waals surface area contributed by atoms with Crippen molar-refractivity contribution in [2.75, 3.05) is 5.32 Å². The van der Waals surface area contributed by atoms with E-state index in [0.29, 0.717) is 0 Å². The van der Waals surface area contributed by atoms with Crippen molar-refractivity contribution in [1.82, 2.24) is 0 Å². The number of halogens is 1. The summed E-state index contributed by atoms with van der Waals surface area (Å²) in [7, 11) is 0. The van der Waals surface area contributed by atoms with Gasteiger partial charge >= 0.3 is 0 Å². The summed E-state index contributed by atoms with van der Waals surface area (Å²) in [5.41, 5.74) is 3.45. The lowest BCUT2D eigenvalue weighted by molar-refractivity contribution is 0.884. The summed E-state index contributed by atoms with van der Waals surface area (Å²) in [6, 6.07) is 16.6. The van der Waals surface area contributed by atoms with Crippen LogP contribution in [0.2, 0.25) is 5.02 Å². The number of anilines is 1. The zero-order valence-corrected chi connectivity index (χ0v) is 10.8. The van der Waals surface area contributed by atoms with Crippen LogP contribution >= 0.6 is 11.6 Å². The molecule has 0 saturated heterocycles. The lowest BCUT2D eigenvalue weighted by Gasteiger charge is -2.17. The fourth-order valence-corrected chi connectivity index (χ4v) is 1.98. The Hall–Kier alpha value is -1.47. The average Bonchev–Trinajstić information content (AvgIpc) is 2.35. The molecular formula is C15H16ClN. The summed E-state index contributed by atoms with van der Waals surface area (Å²) < 4.78 is 0. The minimum atomic E-state index is 0.246. The third-order valence-electron chi connectivity index (χ3n) is 2.79. The van der Waals surface area contributed by atoms with Gasteiger partial charge in [-0.2, -0.15) is 0 Å². The van der Waals surface area contributed by atoms with Crippen LogP contribution in [0.3, 0.4) is 0 Å². The van der Waals surface area contributed by atoms with Gasteiger partial charge < -0.3 is 5.32 Å². The Morgan fingerprint density at radius 1 is 1.06 bits per heavy atom. The molecule has 2 aromatic rings. The Kier molecular flexibility index (Phi) is 3.70. The largest absolute Gasteiger partial charge is 0.377 e. The third-order valence-corrected chi connectivity index (χ3v) is 3.12. The Morgan fingerprint density at radius 2 is 1.76 bits per heavy atom. The Labute approximate surface area is 107 Å². The molecule has 0 radical (unpaired) electrons. The highest BCUT2D eigenvalue weighted by molar-refractivity contribution is 6.33. The number of nitrogens with one attached hydrogen (secondary N) is 1. The van der Waals surface area contributed by atoms with Gasteiger partial charge in [0.1, 0.15) is 0 Å². The molecule has 0 fully saturated rings. The third kappa shape index (κ3) is 3.01. The highest BCUT2D eigenvalue weighted by atomic mass is 35.5. The van der Waals surface area contributed by atoms with Crippen LogP contribution in [0, 0.1) is 6.92 Å². The molecule has 0 bridgehead atoms. The zero-order valence-electron chi connectivity index (χ0n) is 10.1.